The van der Waals surface area contributed by atoms with E-state index in [1.165, 1.54) is 0 Å². The number of hydrogen-bond donors (Lipinski definition) is 1. The van der Waals surface area contributed by atoms with E-state index in [2.05, 4.69) is 5.92 Å². The van der Waals surface area contributed by atoms with Crippen LogP contribution in [0, 0.1) is 12.3 Å². The van der Waals surface area contributed by atoms with E-state index in [1.807, 2.05) is 0 Å². The predicted molar refractivity (Wildman–Crippen MR) is 67.2 cm³/mol. The average molecular weight is 243 g/mol. The lowest BCUT2D eigenvalue weighted by atomic mass is 9.90. The Morgan fingerprint density at radius 1 is 1.44 bits per heavy atom. The number of anilines is 1. The van der Waals surface area contributed by atoms with Crippen LogP contribution in [0.2, 0.25) is 0 Å². The molecule has 1 N–H and O–H groups in total. The Morgan fingerprint density at radius 2 is 2.17 bits per heavy atom. The topological polar surface area (TPSA) is 57.6 Å². The Bertz CT molecular complexity index is 530. The summed E-state index contributed by atoms with van der Waals surface area (Å²) in [5, 5.41) is 9.18. The molecule has 0 aliphatic carbocycles. The number of carboxylic acid groups (broad SMARTS) is 1. The van der Waals surface area contributed by atoms with Gasteiger partial charge in [0.05, 0.1) is 12.3 Å². The first-order valence-electron chi connectivity index (χ1n) is 5.70. The van der Waals surface area contributed by atoms with Crippen LogP contribution in [-0.4, -0.2) is 23.5 Å². The molecule has 0 spiro atoms. The first-order valence-corrected chi connectivity index (χ1v) is 5.70. The molecule has 1 aliphatic heterocycles. The molecule has 1 amide bonds. The van der Waals surface area contributed by atoms with Crippen LogP contribution in [0.4, 0.5) is 5.69 Å². The molecule has 1 aromatic rings. The Labute approximate surface area is 105 Å². The summed E-state index contributed by atoms with van der Waals surface area (Å²) >= 11 is 0. The van der Waals surface area contributed by atoms with Crippen molar-refractivity contribution in [2.75, 3.05) is 11.4 Å². The number of aliphatic carboxylic acids is 1. The van der Waals surface area contributed by atoms with Crippen LogP contribution in [-0.2, 0) is 9.59 Å². The molecule has 1 aromatic carbocycles. The van der Waals surface area contributed by atoms with Crippen LogP contribution < -0.4 is 4.90 Å². The summed E-state index contributed by atoms with van der Waals surface area (Å²) in [5.41, 5.74) is 1.35. The largest absolute Gasteiger partial charge is 0.481 e. The highest BCUT2D eigenvalue weighted by Gasteiger charge is 2.31. The lowest BCUT2D eigenvalue weighted by Crippen LogP contribution is -2.37. The van der Waals surface area contributed by atoms with E-state index >= 15 is 0 Å². The summed E-state index contributed by atoms with van der Waals surface area (Å²) in [6.45, 7) is 0.397. The van der Waals surface area contributed by atoms with Crippen molar-refractivity contribution < 1.29 is 14.7 Å². The number of benzene rings is 1. The first kappa shape index (κ1) is 12.2. The molecule has 0 saturated heterocycles. The zero-order chi connectivity index (χ0) is 13.1. The standard InChI is InChI=1S/C14H13NO3/c1-2-5-13(16)15-9-8-11(14(17)18)10-6-3-4-7-12(10)15/h1,3-4,6-7,11H,5,8-9H2,(H,17,18). The Morgan fingerprint density at radius 3 is 2.83 bits per heavy atom. The number of fused-ring (bicyclic) bond motifs is 1. The SMILES string of the molecule is C#CCC(=O)N1CCC(C(=O)O)c2ccccc21. The smallest absolute Gasteiger partial charge is 0.311 e. The van der Waals surface area contributed by atoms with Crippen molar-refractivity contribution in [3.63, 3.8) is 0 Å². The van der Waals surface area contributed by atoms with Gasteiger partial charge in [-0.05, 0) is 18.1 Å². The molecule has 0 saturated carbocycles. The second kappa shape index (κ2) is 4.92. The van der Waals surface area contributed by atoms with Crippen molar-refractivity contribution in [2.24, 2.45) is 0 Å². The summed E-state index contributed by atoms with van der Waals surface area (Å²) in [6, 6.07) is 7.09. The Balaban J connectivity index is 2.40. The van der Waals surface area contributed by atoms with E-state index in [9.17, 15) is 14.7 Å². The third kappa shape index (κ3) is 2.07. The molecule has 2 rings (SSSR count). The van der Waals surface area contributed by atoms with Gasteiger partial charge < -0.3 is 10.0 Å². The normalized spacial score (nSPS) is 17.7. The van der Waals surface area contributed by atoms with Crippen LogP contribution in [0.15, 0.2) is 24.3 Å². The van der Waals surface area contributed by atoms with Crippen molar-refractivity contribution in [1.82, 2.24) is 0 Å². The molecule has 0 bridgehead atoms. The van der Waals surface area contributed by atoms with Gasteiger partial charge in [0.25, 0.3) is 0 Å². The molecule has 4 heteroatoms. The number of terminal acetylenes is 1. The van der Waals surface area contributed by atoms with Crippen LogP contribution in [0.25, 0.3) is 0 Å². The first-order chi connectivity index (χ1) is 8.65. The number of carbonyl (C=O) groups is 2. The summed E-state index contributed by atoms with van der Waals surface area (Å²) in [7, 11) is 0. The average Bonchev–Trinajstić information content (AvgIpc) is 2.37. The molecule has 1 heterocycles. The van der Waals surface area contributed by atoms with Gasteiger partial charge in [-0.1, -0.05) is 24.1 Å². The van der Waals surface area contributed by atoms with Gasteiger partial charge in [-0.25, -0.2) is 0 Å². The highest BCUT2D eigenvalue weighted by atomic mass is 16.4. The van der Waals surface area contributed by atoms with E-state index in [0.717, 1.165) is 0 Å². The van der Waals surface area contributed by atoms with Gasteiger partial charge in [-0.15, -0.1) is 6.42 Å². The Hall–Kier alpha value is -2.28. The molecule has 92 valence electrons. The minimum absolute atomic E-state index is 0.0338. The molecule has 4 nitrogen and oxygen atoms in total. The number of rotatable bonds is 2. The highest BCUT2D eigenvalue weighted by molar-refractivity contribution is 5.97. The van der Waals surface area contributed by atoms with Crippen LogP contribution in [0.5, 0.6) is 0 Å². The number of amides is 1. The second-order valence-electron chi connectivity index (χ2n) is 4.16. The van der Waals surface area contributed by atoms with Crippen molar-refractivity contribution in [2.45, 2.75) is 18.8 Å². The minimum Gasteiger partial charge on any atom is -0.481 e. The summed E-state index contributed by atoms with van der Waals surface area (Å²) in [4.78, 5) is 24.6. The molecule has 0 radical (unpaired) electrons. The molecule has 0 aromatic heterocycles. The number of para-hydroxylation sites is 1. The highest BCUT2D eigenvalue weighted by Crippen LogP contribution is 2.35. The molecular formula is C14H13NO3. The van der Waals surface area contributed by atoms with Crippen molar-refractivity contribution in [3.8, 4) is 12.3 Å². The maximum Gasteiger partial charge on any atom is 0.311 e. The lowest BCUT2D eigenvalue weighted by Gasteiger charge is -2.32. The second-order valence-corrected chi connectivity index (χ2v) is 4.16. The van der Waals surface area contributed by atoms with E-state index in [0.29, 0.717) is 24.2 Å². The molecule has 18 heavy (non-hydrogen) atoms. The third-order valence-corrected chi connectivity index (χ3v) is 3.10. The van der Waals surface area contributed by atoms with Gasteiger partial charge >= 0.3 is 5.97 Å². The Kier molecular flexibility index (Phi) is 3.33. The van der Waals surface area contributed by atoms with E-state index in [-0.39, 0.29) is 12.3 Å². The van der Waals surface area contributed by atoms with E-state index < -0.39 is 11.9 Å². The fourth-order valence-electron chi connectivity index (χ4n) is 2.26. The van der Waals surface area contributed by atoms with Crippen molar-refractivity contribution in [1.29, 1.82) is 0 Å². The van der Waals surface area contributed by atoms with Gasteiger partial charge in [0.2, 0.25) is 5.91 Å². The molecule has 1 atom stereocenters. The van der Waals surface area contributed by atoms with E-state index in [4.69, 9.17) is 6.42 Å². The number of carboxylic acids is 1. The van der Waals surface area contributed by atoms with E-state index in [1.54, 1.807) is 29.2 Å². The fourth-order valence-corrected chi connectivity index (χ4v) is 2.26. The number of hydrogen-bond acceptors (Lipinski definition) is 2. The maximum atomic E-state index is 11.9. The molecule has 0 fully saturated rings. The van der Waals surface area contributed by atoms with Crippen LogP contribution in [0.3, 0.4) is 0 Å². The third-order valence-electron chi connectivity index (χ3n) is 3.10. The molecule has 1 unspecified atom stereocenters. The van der Waals surface area contributed by atoms with Gasteiger partial charge in [-0.2, -0.15) is 0 Å². The summed E-state index contributed by atoms with van der Waals surface area (Å²) in [6.07, 6.45) is 5.59. The molecular weight excluding hydrogens is 230 g/mol. The van der Waals surface area contributed by atoms with Crippen LogP contribution >= 0.6 is 0 Å². The molecule has 1 aliphatic rings. The quantitative estimate of drug-likeness (QED) is 0.803. The fraction of sp³-hybridized carbons (Fsp3) is 0.286. The zero-order valence-electron chi connectivity index (χ0n) is 9.80. The predicted octanol–water partition coefficient (Wildman–Crippen LogP) is 1.61. The van der Waals surface area contributed by atoms with Gasteiger partial charge in [0.1, 0.15) is 0 Å². The maximum absolute atomic E-state index is 11.9. The monoisotopic (exact) mass is 243 g/mol. The summed E-state index contributed by atoms with van der Waals surface area (Å²) in [5.74, 6) is 0.763. The van der Waals surface area contributed by atoms with Gasteiger partial charge in [0, 0.05) is 12.2 Å². The number of nitrogens with zero attached hydrogens (tertiary/aromatic N) is 1. The lowest BCUT2D eigenvalue weighted by molar-refractivity contribution is -0.139. The van der Waals surface area contributed by atoms with Crippen LogP contribution in [0.1, 0.15) is 24.3 Å². The zero-order valence-corrected chi connectivity index (χ0v) is 9.80. The summed E-state index contributed by atoms with van der Waals surface area (Å²) < 4.78 is 0. The van der Waals surface area contributed by atoms with Crippen molar-refractivity contribution >= 4 is 17.6 Å². The van der Waals surface area contributed by atoms with Crippen molar-refractivity contribution in [3.05, 3.63) is 29.8 Å². The van der Waals surface area contributed by atoms with Gasteiger partial charge in [0.15, 0.2) is 0 Å². The number of carbonyl (C=O) groups excluding carboxylic acids is 1. The van der Waals surface area contributed by atoms with Gasteiger partial charge in [-0.3, -0.25) is 9.59 Å². The minimum atomic E-state index is -0.855.